The van der Waals surface area contributed by atoms with Gasteiger partial charge in [-0.3, -0.25) is 19.9 Å². The van der Waals surface area contributed by atoms with E-state index in [1.807, 2.05) is 0 Å². The first kappa shape index (κ1) is 13.5. The molecule has 0 atom stereocenters. The van der Waals surface area contributed by atoms with Crippen LogP contribution < -0.4 is 0 Å². The highest BCUT2D eigenvalue weighted by molar-refractivity contribution is 6.08. The number of aromatic nitrogens is 1. The fourth-order valence-electron chi connectivity index (χ4n) is 1.68. The van der Waals surface area contributed by atoms with Crippen LogP contribution >= 0.6 is 0 Å². The SMILES string of the molecule is Cc1ccnc(C(=O)c2cc(O)c(O)c([N+](=O)[O-])c2)c1. The van der Waals surface area contributed by atoms with Crippen molar-refractivity contribution >= 4 is 11.5 Å². The summed E-state index contributed by atoms with van der Waals surface area (Å²) < 4.78 is 0. The number of nitro groups is 1. The molecule has 20 heavy (non-hydrogen) atoms. The first-order valence-electron chi connectivity index (χ1n) is 5.58. The second kappa shape index (κ2) is 4.96. The Hall–Kier alpha value is -2.96. The molecule has 2 N–H and O–H groups in total. The standard InChI is InChI=1S/C13H10N2O5/c1-7-2-3-14-9(4-7)12(17)8-5-10(15(19)20)13(18)11(16)6-8/h2-6,16,18H,1H3. The minimum Gasteiger partial charge on any atom is -0.504 e. The van der Waals surface area contributed by atoms with Gasteiger partial charge >= 0.3 is 5.69 Å². The number of aromatic hydroxyl groups is 2. The fourth-order valence-corrected chi connectivity index (χ4v) is 1.68. The predicted octanol–water partition coefficient (Wildman–Crippen LogP) is 1.94. The molecule has 1 heterocycles. The Morgan fingerprint density at radius 1 is 1.30 bits per heavy atom. The van der Waals surface area contributed by atoms with Crippen molar-refractivity contribution in [1.82, 2.24) is 4.98 Å². The number of nitro benzene ring substituents is 1. The number of phenolic OH excluding ortho intramolecular Hbond substituents is 2. The smallest absolute Gasteiger partial charge is 0.315 e. The van der Waals surface area contributed by atoms with Gasteiger partial charge in [-0.25, -0.2) is 0 Å². The zero-order valence-electron chi connectivity index (χ0n) is 10.4. The predicted molar refractivity (Wildman–Crippen MR) is 68.8 cm³/mol. The van der Waals surface area contributed by atoms with Crippen molar-refractivity contribution in [1.29, 1.82) is 0 Å². The number of hydrogen-bond acceptors (Lipinski definition) is 6. The molecule has 0 fully saturated rings. The van der Waals surface area contributed by atoms with Crippen LogP contribution in [-0.2, 0) is 0 Å². The lowest BCUT2D eigenvalue weighted by atomic mass is 10.0. The molecule has 7 heteroatoms. The maximum atomic E-state index is 12.2. The molecule has 1 aromatic heterocycles. The third-order valence-corrected chi connectivity index (χ3v) is 2.68. The Kier molecular flexibility index (Phi) is 3.34. The minimum atomic E-state index is -0.879. The molecule has 102 valence electrons. The van der Waals surface area contributed by atoms with Gasteiger partial charge in [0.2, 0.25) is 11.5 Å². The maximum absolute atomic E-state index is 12.2. The van der Waals surface area contributed by atoms with Crippen LogP contribution in [0.4, 0.5) is 5.69 Å². The summed E-state index contributed by atoms with van der Waals surface area (Å²) in [5.74, 6) is -2.17. The molecule has 0 spiro atoms. The van der Waals surface area contributed by atoms with Gasteiger partial charge in [-0.1, -0.05) is 0 Å². The average molecular weight is 274 g/mol. The second-order valence-electron chi connectivity index (χ2n) is 4.17. The van der Waals surface area contributed by atoms with E-state index in [0.29, 0.717) is 0 Å². The number of aryl methyl sites for hydroxylation is 1. The van der Waals surface area contributed by atoms with Crippen LogP contribution in [0.3, 0.4) is 0 Å². The van der Waals surface area contributed by atoms with Gasteiger partial charge < -0.3 is 10.2 Å². The molecule has 2 aromatic rings. The van der Waals surface area contributed by atoms with Gasteiger partial charge in [0.15, 0.2) is 5.75 Å². The lowest BCUT2D eigenvalue weighted by Crippen LogP contribution is -2.05. The van der Waals surface area contributed by atoms with Gasteiger partial charge in [0.05, 0.1) is 4.92 Å². The van der Waals surface area contributed by atoms with Crippen LogP contribution in [-0.4, -0.2) is 25.9 Å². The highest BCUT2D eigenvalue weighted by Crippen LogP contribution is 2.36. The van der Waals surface area contributed by atoms with E-state index in [1.54, 1.807) is 13.0 Å². The number of carbonyl (C=O) groups is 1. The van der Waals surface area contributed by atoms with Gasteiger partial charge in [-0.2, -0.15) is 0 Å². The van der Waals surface area contributed by atoms with Crippen LogP contribution in [0.25, 0.3) is 0 Å². The van der Waals surface area contributed by atoms with Crippen molar-refractivity contribution in [3.63, 3.8) is 0 Å². The van der Waals surface area contributed by atoms with E-state index < -0.39 is 27.9 Å². The summed E-state index contributed by atoms with van der Waals surface area (Å²) >= 11 is 0. The fraction of sp³-hybridized carbons (Fsp3) is 0.0769. The first-order chi connectivity index (χ1) is 9.40. The summed E-state index contributed by atoms with van der Waals surface area (Å²) in [5.41, 5.74) is 0.0522. The Morgan fingerprint density at radius 3 is 2.60 bits per heavy atom. The van der Waals surface area contributed by atoms with Gasteiger partial charge in [-0.15, -0.1) is 0 Å². The van der Waals surface area contributed by atoms with Crippen molar-refractivity contribution in [2.24, 2.45) is 0 Å². The Balaban J connectivity index is 2.53. The van der Waals surface area contributed by atoms with Crippen molar-refractivity contribution < 1.29 is 19.9 Å². The number of carbonyl (C=O) groups excluding carboxylic acids is 1. The normalized spacial score (nSPS) is 10.2. The minimum absolute atomic E-state index is 0.101. The summed E-state index contributed by atoms with van der Waals surface area (Å²) in [4.78, 5) is 25.9. The van der Waals surface area contributed by atoms with Crippen molar-refractivity contribution in [2.45, 2.75) is 6.92 Å². The number of phenols is 2. The molecular weight excluding hydrogens is 264 g/mol. The van der Waals surface area contributed by atoms with E-state index in [1.165, 1.54) is 12.3 Å². The van der Waals surface area contributed by atoms with Crippen molar-refractivity contribution in [2.75, 3.05) is 0 Å². The van der Waals surface area contributed by atoms with Crippen LogP contribution in [0.15, 0.2) is 30.5 Å². The molecule has 0 aliphatic heterocycles. The number of ketones is 1. The van der Waals surface area contributed by atoms with E-state index in [2.05, 4.69) is 4.98 Å². The number of benzene rings is 1. The van der Waals surface area contributed by atoms with E-state index in [4.69, 9.17) is 0 Å². The van der Waals surface area contributed by atoms with Gasteiger partial charge in [-0.05, 0) is 30.7 Å². The van der Waals surface area contributed by atoms with E-state index >= 15 is 0 Å². The van der Waals surface area contributed by atoms with E-state index in [9.17, 15) is 25.1 Å². The van der Waals surface area contributed by atoms with Gasteiger partial charge in [0.1, 0.15) is 5.69 Å². The molecule has 7 nitrogen and oxygen atoms in total. The zero-order chi connectivity index (χ0) is 14.9. The van der Waals surface area contributed by atoms with Crippen LogP contribution in [0, 0.1) is 17.0 Å². The molecular formula is C13H10N2O5. The third kappa shape index (κ3) is 2.41. The van der Waals surface area contributed by atoms with E-state index in [0.717, 1.165) is 17.7 Å². The quantitative estimate of drug-likeness (QED) is 0.382. The molecule has 0 amide bonds. The highest BCUT2D eigenvalue weighted by atomic mass is 16.6. The molecule has 0 unspecified atom stereocenters. The number of nitrogens with zero attached hydrogens (tertiary/aromatic N) is 2. The summed E-state index contributed by atoms with van der Waals surface area (Å²) in [6, 6.07) is 5.10. The van der Waals surface area contributed by atoms with Crippen molar-refractivity contribution in [3.05, 3.63) is 57.4 Å². The van der Waals surface area contributed by atoms with Crippen molar-refractivity contribution in [3.8, 4) is 11.5 Å². The average Bonchev–Trinajstić information content (AvgIpc) is 2.40. The number of hydrogen-bond donors (Lipinski definition) is 2. The lowest BCUT2D eigenvalue weighted by Gasteiger charge is -2.04. The maximum Gasteiger partial charge on any atom is 0.315 e. The number of rotatable bonds is 3. The molecule has 2 rings (SSSR count). The molecule has 0 saturated carbocycles. The summed E-state index contributed by atoms with van der Waals surface area (Å²) in [6.45, 7) is 1.77. The molecule has 0 aliphatic rings. The first-order valence-corrected chi connectivity index (χ1v) is 5.58. The van der Waals surface area contributed by atoms with Gasteiger partial charge in [0, 0.05) is 17.8 Å². The molecule has 1 aromatic carbocycles. The number of pyridine rings is 1. The zero-order valence-corrected chi connectivity index (χ0v) is 10.4. The highest BCUT2D eigenvalue weighted by Gasteiger charge is 2.22. The Morgan fingerprint density at radius 2 is 2.00 bits per heavy atom. The second-order valence-corrected chi connectivity index (χ2v) is 4.17. The van der Waals surface area contributed by atoms with E-state index in [-0.39, 0.29) is 11.3 Å². The molecule has 0 saturated heterocycles. The monoisotopic (exact) mass is 274 g/mol. The topological polar surface area (TPSA) is 114 Å². The Labute approximate surface area is 113 Å². The van der Waals surface area contributed by atoms with Crippen LogP contribution in [0.5, 0.6) is 11.5 Å². The lowest BCUT2D eigenvalue weighted by molar-refractivity contribution is -0.386. The summed E-state index contributed by atoms with van der Waals surface area (Å²) in [5, 5.41) is 29.6. The molecule has 0 aliphatic carbocycles. The van der Waals surface area contributed by atoms with Crippen LogP contribution in [0.1, 0.15) is 21.6 Å². The van der Waals surface area contributed by atoms with Gasteiger partial charge in [0.25, 0.3) is 0 Å². The molecule has 0 radical (unpaired) electrons. The Bertz CT molecular complexity index is 712. The summed E-state index contributed by atoms with van der Waals surface area (Å²) in [7, 11) is 0. The summed E-state index contributed by atoms with van der Waals surface area (Å²) in [6.07, 6.45) is 1.44. The largest absolute Gasteiger partial charge is 0.504 e. The molecule has 0 bridgehead atoms. The van der Waals surface area contributed by atoms with Crippen LogP contribution in [0.2, 0.25) is 0 Å². The third-order valence-electron chi connectivity index (χ3n) is 2.68.